The van der Waals surface area contributed by atoms with Crippen LogP contribution in [0.4, 0.5) is 0 Å². The minimum Gasteiger partial charge on any atom is -0.466 e. The molecule has 0 aromatic rings. The van der Waals surface area contributed by atoms with E-state index in [0.717, 1.165) is 12.8 Å². The zero-order chi connectivity index (χ0) is 11.7. The van der Waals surface area contributed by atoms with E-state index in [9.17, 15) is 4.79 Å². The van der Waals surface area contributed by atoms with Gasteiger partial charge in [-0.25, -0.2) is 0 Å². The summed E-state index contributed by atoms with van der Waals surface area (Å²) in [6.07, 6.45) is 2.77. The summed E-state index contributed by atoms with van der Waals surface area (Å²) in [7, 11) is 3.12. The molecule has 0 radical (unpaired) electrons. The van der Waals surface area contributed by atoms with Gasteiger partial charge in [0, 0.05) is 20.6 Å². The molecule has 0 bridgehead atoms. The highest BCUT2D eigenvalue weighted by molar-refractivity contribution is 5.69. The van der Waals surface area contributed by atoms with Crippen LogP contribution in [0.2, 0.25) is 0 Å². The van der Waals surface area contributed by atoms with Crippen molar-refractivity contribution in [3.63, 3.8) is 0 Å². The number of esters is 1. The van der Waals surface area contributed by atoms with E-state index < -0.39 is 5.79 Å². The van der Waals surface area contributed by atoms with E-state index in [1.165, 1.54) is 0 Å². The highest BCUT2D eigenvalue weighted by Crippen LogP contribution is 2.17. The third kappa shape index (κ3) is 6.47. The van der Waals surface area contributed by atoms with Gasteiger partial charge in [0.2, 0.25) is 0 Å². The lowest BCUT2D eigenvalue weighted by Gasteiger charge is -2.25. The van der Waals surface area contributed by atoms with Crippen LogP contribution in [0.25, 0.3) is 0 Å². The molecule has 0 saturated carbocycles. The van der Waals surface area contributed by atoms with Crippen LogP contribution in [0.1, 0.15) is 39.5 Å². The van der Waals surface area contributed by atoms with E-state index in [1.807, 2.05) is 0 Å². The standard InChI is InChI=1S/C11H22O4/c1-5-6-9-15-10(12)7-8-11(2,13-3)14-4/h5-9H2,1-4H3. The van der Waals surface area contributed by atoms with Crippen molar-refractivity contribution in [2.45, 2.75) is 45.3 Å². The zero-order valence-corrected chi connectivity index (χ0v) is 10.2. The van der Waals surface area contributed by atoms with Crippen LogP contribution in [-0.2, 0) is 19.0 Å². The predicted molar refractivity (Wildman–Crippen MR) is 57.5 cm³/mol. The molecular weight excluding hydrogens is 196 g/mol. The maximum atomic E-state index is 11.3. The van der Waals surface area contributed by atoms with Gasteiger partial charge in [-0.15, -0.1) is 0 Å². The molecule has 0 spiro atoms. The van der Waals surface area contributed by atoms with E-state index in [0.29, 0.717) is 19.4 Å². The van der Waals surface area contributed by atoms with Gasteiger partial charge >= 0.3 is 5.97 Å². The minimum atomic E-state index is -0.691. The van der Waals surface area contributed by atoms with Gasteiger partial charge in [-0.1, -0.05) is 13.3 Å². The molecule has 0 aliphatic heterocycles. The fourth-order valence-electron chi connectivity index (χ4n) is 1.02. The number of carbonyl (C=O) groups is 1. The lowest BCUT2D eigenvalue weighted by atomic mass is 10.1. The molecular formula is C11H22O4. The monoisotopic (exact) mass is 218 g/mol. The third-order valence-electron chi connectivity index (χ3n) is 2.41. The highest BCUT2D eigenvalue weighted by Gasteiger charge is 2.23. The molecule has 90 valence electrons. The maximum Gasteiger partial charge on any atom is 0.305 e. The van der Waals surface area contributed by atoms with Crippen LogP contribution in [0, 0.1) is 0 Å². The van der Waals surface area contributed by atoms with E-state index in [-0.39, 0.29) is 5.97 Å². The highest BCUT2D eigenvalue weighted by atomic mass is 16.7. The second-order valence-electron chi connectivity index (χ2n) is 3.62. The van der Waals surface area contributed by atoms with Crippen LogP contribution >= 0.6 is 0 Å². The van der Waals surface area contributed by atoms with E-state index in [2.05, 4.69) is 6.92 Å². The Hall–Kier alpha value is -0.610. The Morgan fingerprint density at radius 2 is 1.87 bits per heavy atom. The van der Waals surface area contributed by atoms with Crippen molar-refractivity contribution in [1.29, 1.82) is 0 Å². The summed E-state index contributed by atoms with van der Waals surface area (Å²) in [5, 5.41) is 0. The van der Waals surface area contributed by atoms with Gasteiger partial charge in [-0.2, -0.15) is 0 Å². The molecule has 0 fully saturated rings. The molecule has 0 aliphatic carbocycles. The molecule has 0 atom stereocenters. The van der Waals surface area contributed by atoms with Crippen molar-refractivity contribution in [3.05, 3.63) is 0 Å². The van der Waals surface area contributed by atoms with Crippen molar-refractivity contribution in [2.75, 3.05) is 20.8 Å². The first-order valence-electron chi connectivity index (χ1n) is 5.34. The zero-order valence-electron chi connectivity index (χ0n) is 10.2. The van der Waals surface area contributed by atoms with Gasteiger partial charge < -0.3 is 14.2 Å². The molecule has 0 N–H and O–H groups in total. The van der Waals surface area contributed by atoms with Crippen LogP contribution in [-0.4, -0.2) is 32.6 Å². The number of methoxy groups -OCH3 is 2. The molecule has 0 rings (SSSR count). The Morgan fingerprint density at radius 1 is 1.27 bits per heavy atom. The summed E-state index contributed by atoms with van der Waals surface area (Å²) in [6.45, 7) is 4.36. The molecule has 0 aliphatic rings. The van der Waals surface area contributed by atoms with Gasteiger partial charge in [0.1, 0.15) is 0 Å². The Kier molecular flexibility index (Phi) is 7.34. The van der Waals surface area contributed by atoms with Crippen LogP contribution in [0.5, 0.6) is 0 Å². The van der Waals surface area contributed by atoms with Crippen LogP contribution in [0.3, 0.4) is 0 Å². The first-order valence-corrected chi connectivity index (χ1v) is 5.34. The van der Waals surface area contributed by atoms with Crippen molar-refractivity contribution in [2.24, 2.45) is 0 Å². The lowest BCUT2D eigenvalue weighted by Crippen LogP contribution is -2.30. The topological polar surface area (TPSA) is 44.8 Å². The normalized spacial score (nSPS) is 11.5. The van der Waals surface area contributed by atoms with Crippen molar-refractivity contribution >= 4 is 5.97 Å². The second-order valence-corrected chi connectivity index (χ2v) is 3.62. The van der Waals surface area contributed by atoms with Crippen molar-refractivity contribution < 1.29 is 19.0 Å². The Labute approximate surface area is 91.9 Å². The number of ether oxygens (including phenoxy) is 3. The van der Waals surface area contributed by atoms with Gasteiger partial charge in [-0.05, 0) is 13.3 Å². The summed E-state index contributed by atoms with van der Waals surface area (Å²) < 4.78 is 15.3. The van der Waals surface area contributed by atoms with Gasteiger partial charge in [-0.3, -0.25) is 4.79 Å². The molecule has 0 amide bonds. The number of hydrogen-bond donors (Lipinski definition) is 0. The molecule has 0 aromatic heterocycles. The minimum absolute atomic E-state index is 0.191. The van der Waals surface area contributed by atoms with E-state index >= 15 is 0 Å². The maximum absolute atomic E-state index is 11.3. The summed E-state index contributed by atoms with van der Waals surface area (Å²) in [5.74, 6) is -0.882. The molecule has 15 heavy (non-hydrogen) atoms. The number of hydrogen-bond acceptors (Lipinski definition) is 4. The predicted octanol–water partition coefficient (Wildman–Crippen LogP) is 2.12. The SMILES string of the molecule is CCCCOC(=O)CCC(C)(OC)OC. The van der Waals surface area contributed by atoms with Crippen LogP contribution in [0.15, 0.2) is 0 Å². The largest absolute Gasteiger partial charge is 0.466 e. The van der Waals surface area contributed by atoms with E-state index in [1.54, 1.807) is 21.1 Å². The molecule has 0 aromatic carbocycles. The van der Waals surface area contributed by atoms with Crippen molar-refractivity contribution in [1.82, 2.24) is 0 Å². The smallest absolute Gasteiger partial charge is 0.305 e. The Bertz CT molecular complexity index is 175. The van der Waals surface area contributed by atoms with Gasteiger partial charge in [0.15, 0.2) is 5.79 Å². The Morgan fingerprint density at radius 3 is 2.33 bits per heavy atom. The molecule has 0 heterocycles. The fraction of sp³-hybridized carbons (Fsp3) is 0.909. The molecule has 0 saturated heterocycles. The van der Waals surface area contributed by atoms with Gasteiger partial charge in [0.05, 0.1) is 13.0 Å². The molecule has 4 nitrogen and oxygen atoms in total. The quantitative estimate of drug-likeness (QED) is 0.355. The third-order valence-corrected chi connectivity index (χ3v) is 2.41. The average molecular weight is 218 g/mol. The van der Waals surface area contributed by atoms with Gasteiger partial charge in [0.25, 0.3) is 0 Å². The Balaban J connectivity index is 3.69. The number of rotatable bonds is 8. The second kappa shape index (κ2) is 7.65. The molecule has 4 heteroatoms. The molecule has 0 unspecified atom stereocenters. The summed E-state index contributed by atoms with van der Waals surface area (Å²) in [4.78, 5) is 11.3. The van der Waals surface area contributed by atoms with E-state index in [4.69, 9.17) is 14.2 Å². The summed E-state index contributed by atoms with van der Waals surface area (Å²) in [5.41, 5.74) is 0. The van der Waals surface area contributed by atoms with Crippen molar-refractivity contribution in [3.8, 4) is 0 Å². The average Bonchev–Trinajstić information content (AvgIpc) is 2.26. The number of unbranched alkanes of at least 4 members (excludes halogenated alkanes) is 1. The first-order chi connectivity index (χ1) is 7.08. The lowest BCUT2D eigenvalue weighted by molar-refractivity contribution is -0.200. The fourth-order valence-corrected chi connectivity index (χ4v) is 1.02. The first kappa shape index (κ1) is 14.4. The number of carbonyl (C=O) groups excluding carboxylic acids is 1. The van der Waals surface area contributed by atoms with Crippen LogP contribution < -0.4 is 0 Å². The summed E-state index contributed by atoms with van der Waals surface area (Å²) >= 11 is 0. The summed E-state index contributed by atoms with van der Waals surface area (Å²) in [6, 6.07) is 0.